The second-order valence-corrected chi connectivity index (χ2v) is 7.72. The van der Waals surface area contributed by atoms with Crippen molar-refractivity contribution in [2.75, 3.05) is 13.6 Å². The maximum Gasteiger partial charge on any atom is 0.227 e. The van der Waals surface area contributed by atoms with Crippen LogP contribution in [0, 0.1) is 12.7 Å². The number of benzene rings is 1. The Morgan fingerprint density at radius 1 is 1.29 bits per heavy atom. The first-order chi connectivity index (χ1) is 13.3. The SMILES string of the molecule is C=C(C)CN(C)C(=O)Cc1c2c(n(Cc3ccccc3F)c1C)CCCC2=O. The Labute approximate surface area is 165 Å². The molecule has 28 heavy (non-hydrogen) atoms. The Hall–Kier alpha value is -2.69. The number of hydrogen-bond acceptors (Lipinski definition) is 2. The molecule has 148 valence electrons. The van der Waals surface area contributed by atoms with E-state index in [9.17, 15) is 14.0 Å². The third-order valence-corrected chi connectivity index (χ3v) is 5.40. The van der Waals surface area contributed by atoms with Gasteiger partial charge in [-0.3, -0.25) is 9.59 Å². The number of hydrogen-bond donors (Lipinski definition) is 0. The number of carbonyl (C=O) groups excluding carboxylic acids is 2. The molecule has 0 radical (unpaired) electrons. The highest BCUT2D eigenvalue weighted by Gasteiger charge is 2.29. The molecule has 3 rings (SSSR count). The topological polar surface area (TPSA) is 42.3 Å². The summed E-state index contributed by atoms with van der Waals surface area (Å²) in [7, 11) is 1.75. The molecular formula is C23H27FN2O2. The third kappa shape index (κ3) is 3.93. The lowest BCUT2D eigenvalue weighted by atomic mass is 9.92. The van der Waals surface area contributed by atoms with Crippen LogP contribution in [-0.4, -0.2) is 34.7 Å². The Morgan fingerprint density at radius 2 is 2.00 bits per heavy atom. The molecule has 4 nitrogen and oxygen atoms in total. The lowest BCUT2D eigenvalue weighted by Gasteiger charge is -2.18. The average molecular weight is 382 g/mol. The van der Waals surface area contributed by atoms with Gasteiger partial charge in [-0.1, -0.05) is 30.4 Å². The lowest BCUT2D eigenvalue weighted by Crippen LogP contribution is -2.30. The van der Waals surface area contributed by atoms with Crippen molar-refractivity contribution in [3.05, 3.63) is 70.3 Å². The normalized spacial score (nSPS) is 13.4. The van der Waals surface area contributed by atoms with Gasteiger partial charge in [-0.2, -0.15) is 0 Å². The molecule has 0 atom stereocenters. The molecule has 1 aliphatic carbocycles. The first-order valence-electron chi connectivity index (χ1n) is 9.65. The van der Waals surface area contributed by atoms with Gasteiger partial charge < -0.3 is 9.47 Å². The van der Waals surface area contributed by atoms with Gasteiger partial charge in [0.2, 0.25) is 5.91 Å². The van der Waals surface area contributed by atoms with Crippen LogP contribution in [0.15, 0.2) is 36.4 Å². The lowest BCUT2D eigenvalue weighted by molar-refractivity contribution is -0.128. The summed E-state index contributed by atoms with van der Waals surface area (Å²) in [5.74, 6) is -0.220. The summed E-state index contributed by atoms with van der Waals surface area (Å²) in [5, 5.41) is 0. The molecule has 0 spiro atoms. The first-order valence-corrected chi connectivity index (χ1v) is 9.65. The van der Waals surface area contributed by atoms with Crippen molar-refractivity contribution in [3.63, 3.8) is 0 Å². The van der Waals surface area contributed by atoms with Crippen LogP contribution in [0.2, 0.25) is 0 Å². The molecule has 1 amide bonds. The second kappa shape index (κ2) is 8.13. The average Bonchev–Trinajstić information content (AvgIpc) is 2.89. The molecule has 0 aliphatic heterocycles. The number of halogens is 1. The Bertz CT molecular complexity index is 942. The van der Waals surface area contributed by atoms with E-state index in [1.54, 1.807) is 24.1 Å². The van der Waals surface area contributed by atoms with Gasteiger partial charge in [0.1, 0.15) is 5.82 Å². The molecule has 0 N–H and O–H groups in total. The highest BCUT2D eigenvalue weighted by atomic mass is 19.1. The Morgan fingerprint density at radius 3 is 2.68 bits per heavy atom. The number of aromatic nitrogens is 1. The molecule has 0 fully saturated rings. The minimum Gasteiger partial charge on any atom is -0.343 e. The third-order valence-electron chi connectivity index (χ3n) is 5.40. The van der Waals surface area contributed by atoms with E-state index in [2.05, 4.69) is 6.58 Å². The summed E-state index contributed by atoms with van der Waals surface area (Å²) >= 11 is 0. The minimum atomic E-state index is -0.259. The van der Waals surface area contributed by atoms with E-state index in [1.807, 2.05) is 24.5 Å². The quantitative estimate of drug-likeness (QED) is 0.707. The van der Waals surface area contributed by atoms with Crippen molar-refractivity contribution < 1.29 is 14.0 Å². The monoisotopic (exact) mass is 382 g/mol. The van der Waals surface area contributed by atoms with Gasteiger partial charge in [0.05, 0.1) is 13.0 Å². The summed E-state index contributed by atoms with van der Waals surface area (Å²) in [4.78, 5) is 27.0. The molecule has 1 heterocycles. The Kier molecular flexibility index (Phi) is 5.82. The van der Waals surface area contributed by atoms with Crippen molar-refractivity contribution in [2.24, 2.45) is 0 Å². The van der Waals surface area contributed by atoms with Gasteiger partial charge in [-0.25, -0.2) is 4.39 Å². The van der Waals surface area contributed by atoms with Gasteiger partial charge in [-0.05, 0) is 38.3 Å². The molecule has 1 aliphatic rings. The zero-order valence-corrected chi connectivity index (χ0v) is 16.8. The Balaban J connectivity index is 2.00. The fourth-order valence-corrected chi connectivity index (χ4v) is 3.99. The largest absolute Gasteiger partial charge is 0.343 e. The molecule has 0 unspecified atom stereocenters. The zero-order chi connectivity index (χ0) is 20.4. The van der Waals surface area contributed by atoms with Crippen molar-refractivity contribution in [1.29, 1.82) is 0 Å². The predicted molar refractivity (Wildman–Crippen MR) is 108 cm³/mol. The van der Waals surface area contributed by atoms with Crippen LogP contribution < -0.4 is 0 Å². The van der Waals surface area contributed by atoms with Crippen molar-refractivity contribution in [1.82, 2.24) is 9.47 Å². The maximum atomic E-state index is 14.2. The predicted octanol–water partition coefficient (Wildman–Crippen LogP) is 4.08. The van der Waals surface area contributed by atoms with Gasteiger partial charge in [0, 0.05) is 42.5 Å². The zero-order valence-electron chi connectivity index (χ0n) is 16.8. The smallest absolute Gasteiger partial charge is 0.227 e. The number of nitrogens with zero attached hydrogens (tertiary/aromatic N) is 2. The van der Waals surface area contributed by atoms with Crippen LogP contribution in [0.25, 0.3) is 0 Å². The van der Waals surface area contributed by atoms with E-state index in [0.29, 0.717) is 30.6 Å². The number of amides is 1. The number of rotatable bonds is 6. The molecule has 1 aromatic carbocycles. The van der Waals surface area contributed by atoms with Gasteiger partial charge >= 0.3 is 0 Å². The fraction of sp³-hybridized carbons (Fsp3) is 0.391. The summed E-state index contributed by atoms with van der Waals surface area (Å²) in [6, 6.07) is 6.69. The van der Waals surface area contributed by atoms with Crippen molar-refractivity contribution in [3.8, 4) is 0 Å². The van der Waals surface area contributed by atoms with Crippen LogP contribution in [0.3, 0.4) is 0 Å². The van der Waals surface area contributed by atoms with E-state index < -0.39 is 0 Å². The number of ketones is 1. The minimum absolute atomic E-state index is 0.0460. The van der Waals surface area contributed by atoms with Gasteiger partial charge in [0.25, 0.3) is 0 Å². The molecule has 1 aromatic heterocycles. The van der Waals surface area contributed by atoms with Crippen LogP contribution >= 0.6 is 0 Å². The highest BCUT2D eigenvalue weighted by Crippen LogP contribution is 2.31. The standard InChI is InChI=1S/C23H27FN2O2/c1-15(2)13-25(4)22(28)12-18-16(3)26(14-17-8-5-6-9-19(17)24)20-10-7-11-21(27)23(18)20/h5-6,8-9H,1,7,10-14H2,2-4H3. The van der Waals surface area contributed by atoms with E-state index in [-0.39, 0.29) is 23.9 Å². The van der Waals surface area contributed by atoms with Crippen LogP contribution in [0.5, 0.6) is 0 Å². The van der Waals surface area contributed by atoms with Crippen molar-refractivity contribution in [2.45, 2.75) is 46.1 Å². The number of carbonyl (C=O) groups is 2. The summed E-state index contributed by atoms with van der Waals surface area (Å²) in [6.07, 6.45) is 2.23. The highest BCUT2D eigenvalue weighted by molar-refractivity contribution is 6.01. The summed E-state index contributed by atoms with van der Waals surface area (Å²) in [6.45, 7) is 8.52. The maximum absolute atomic E-state index is 14.2. The van der Waals surface area contributed by atoms with Gasteiger partial charge in [-0.15, -0.1) is 0 Å². The molecule has 0 bridgehead atoms. The van der Waals surface area contributed by atoms with Gasteiger partial charge in [0.15, 0.2) is 5.78 Å². The van der Waals surface area contributed by atoms with E-state index in [1.165, 1.54) is 6.07 Å². The van der Waals surface area contributed by atoms with Crippen LogP contribution in [-0.2, 0) is 24.2 Å². The van der Waals surface area contributed by atoms with E-state index >= 15 is 0 Å². The molecule has 0 saturated carbocycles. The van der Waals surface area contributed by atoms with Crippen molar-refractivity contribution >= 4 is 11.7 Å². The number of likely N-dealkylation sites (N-methyl/N-ethyl adjacent to an activating group) is 1. The van der Waals surface area contributed by atoms with Crippen LogP contribution in [0.4, 0.5) is 4.39 Å². The fourth-order valence-electron chi connectivity index (χ4n) is 3.99. The number of Topliss-reactive ketones (excluding diaryl/α,β-unsaturated/α-hetero) is 1. The van der Waals surface area contributed by atoms with Crippen LogP contribution in [0.1, 0.15) is 52.6 Å². The summed E-state index contributed by atoms with van der Waals surface area (Å²) in [5.41, 5.74) is 4.76. The molecule has 2 aromatic rings. The molecular weight excluding hydrogens is 355 g/mol. The molecule has 0 saturated heterocycles. The molecule has 5 heteroatoms. The summed E-state index contributed by atoms with van der Waals surface area (Å²) < 4.78 is 16.2. The van der Waals surface area contributed by atoms with E-state index in [4.69, 9.17) is 0 Å². The second-order valence-electron chi connectivity index (χ2n) is 7.72. The van der Waals surface area contributed by atoms with E-state index in [0.717, 1.165) is 35.4 Å². The first kappa shape index (κ1) is 20.1. The number of fused-ring (bicyclic) bond motifs is 1.